The van der Waals surface area contributed by atoms with Crippen LogP contribution in [-0.2, 0) is 7.05 Å². The Hall–Kier alpha value is -2.34. The van der Waals surface area contributed by atoms with Gasteiger partial charge in [0.2, 0.25) is 0 Å². The minimum Gasteiger partial charge on any atom is -0.478 e. The van der Waals surface area contributed by atoms with Crippen LogP contribution in [-0.4, -0.2) is 26.5 Å². The molecule has 0 aliphatic heterocycles. The smallest absolute Gasteiger partial charge is 0.335 e. The highest BCUT2D eigenvalue weighted by Gasteiger charge is 2.11. The summed E-state index contributed by atoms with van der Waals surface area (Å²) in [4.78, 5) is 26.6. The number of aromatic carboxylic acids is 1. The molecule has 0 bridgehead atoms. The number of carbonyl (C=O) groups is 2. The van der Waals surface area contributed by atoms with E-state index in [0.29, 0.717) is 5.69 Å². The molecule has 2 aromatic rings. The molecule has 7 heteroatoms. The normalized spacial score (nSPS) is 10.2. The van der Waals surface area contributed by atoms with Crippen LogP contribution in [0.5, 0.6) is 0 Å². The molecule has 6 nitrogen and oxygen atoms in total. The number of carbonyl (C=O) groups excluding carboxylic acids is 1. The Morgan fingerprint density at radius 3 is 2.68 bits per heavy atom. The Morgan fingerprint density at radius 2 is 2.11 bits per heavy atom. The zero-order chi connectivity index (χ0) is 14.0. The van der Waals surface area contributed by atoms with Gasteiger partial charge in [-0.3, -0.25) is 4.79 Å². The second-order valence-electron chi connectivity index (χ2n) is 3.91. The molecule has 0 atom stereocenters. The lowest BCUT2D eigenvalue weighted by Gasteiger charge is -2.05. The minimum atomic E-state index is -1.11. The number of nitrogens with zero attached hydrogens (tertiary/aromatic N) is 2. The van der Waals surface area contributed by atoms with Gasteiger partial charge >= 0.3 is 5.97 Å². The molecule has 0 unspecified atom stereocenters. The molecule has 0 saturated heterocycles. The third kappa shape index (κ3) is 3.11. The van der Waals surface area contributed by atoms with Gasteiger partial charge in [0.25, 0.3) is 5.91 Å². The molecule has 2 rings (SSSR count). The van der Waals surface area contributed by atoms with E-state index in [9.17, 15) is 9.59 Å². The van der Waals surface area contributed by atoms with Gasteiger partial charge in [-0.15, -0.1) is 0 Å². The Labute approximate surface area is 113 Å². The van der Waals surface area contributed by atoms with Crippen molar-refractivity contribution in [1.29, 1.82) is 0 Å². The number of benzene rings is 1. The van der Waals surface area contributed by atoms with Crippen molar-refractivity contribution in [3.63, 3.8) is 0 Å². The van der Waals surface area contributed by atoms with Gasteiger partial charge in [-0.1, -0.05) is 11.6 Å². The highest BCUT2D eigenvalue weighted by Crippen LogP contribution is 2.19. The van der Waals surface area contributed by atoms with E-state index in [-0.39, 0.29) is 16.3 Å². The number of hydrogen-bond donors (Lipinski definition) is 2. The standard InChI is InChI=1S/C12H10ClN3O3/c1-16-5-10(14-6-16)11(17)15-9-3-7(12(18)19)2-8(13)4-9/h2-6H,1H3,(H,15,17)(H,18,19). The Kier molecular flexibility index (Phi) is 3.52. The lowest BCUT2D eigenvalue weighted by atomic mass is 10.2. The molecule has 0 fully saturated rings. The molecule has 0 radical (unpaired) electrons. The average molecular weight is 280 g/mol. The molecule has 98 valence electrons. The van der Waals surface area contributed by atoms with E-state index in [2.05, 4.69) is 10.3 Å². The number of rotatable bonds is 3. The Morgan fingerprint density at radius 1 is 1.37 bits per heavy atom. The lowest BCUT2D eigenvalue weighted by molar-refractivity contribution is 0.0696. The Bertz CT molecular complexity index is 651. The van der Waals surface area contributed by atoms with Crippen LogP contribution in [0, 0.1) is 0 Å². The summed E-state index contributed by atoms with van der Waals surface area (Å²) < 4.78 is 1.63. The van der Waals surface area contributed by atoms with Crippen LogP contribution in [0.1, 0.15) is 20.8 Å². The van der Waals surface area contributed by atoms with Crippen molar-refractivity contribution in [3.8, 4) is 0 Å². The SMILES string of the molecule is Cn1cnc(C(=O)Nc2cc(Cl)cc(C(=O)O)c2)c1. The second kappa shape index (κ2) is 5.11. The quantitative estimate of drug-likeness (QED) is 0.900. The first-order valence-electron chi connectivity index (χ1n) is 5.29. The third-order valence-electron chi connectivity index (χ3n) is 2.34. The summed E-state index contributed by atoms with van der Waals surface area (Å²) in [6.07, 6.45) is 3.05. The van der Waals surface area contributed by atoms with Crippen LogP contribution in [0.15, 0.2) is 30.7 Å². The monoisotopic (exact) mass is 279 g/mol. The molecular formula is C12H10ClN3O3. The van der Waals surface area contributed by atoms with Crippen LogP contribution in [0.4, 0.5) is 5.69 Å². The molecule has 1 aromatic heterocycles. The van der Waals surface area contributed by atoms with Crippen molar-refractivity contribution < 1.29 is 14.7 Å². The third-order valence-corrected chi connectivity index (χ3v) is 2.56. The summed E-state index contributed by atoms with van der Waals surface area (Å²) in [5.74, 6) is -1.55. The summed E-state index contributed by atoms with van der Waals surface area (Å²) in [7, 11) is 1.74. The molecule has 1 aromatic carbocycles. The minimum absolute atomic E-state index is 0.00354. The van der Waals surface area contributed by atoms with Gasteiger partial charge in [-0.2, -0.15) is 0 Å². The first kappa shape index (κ1) is 13.1. The van der Waals surface area contributed by atoms with Crippen molar-refractivity contribution in [3.05, 3.63) is 47.0 Å². The topological polar surface area (TPSA) is 84.2 Å². The fourth-order valence-corrected chi connectivity index (χ4v) is 1.75. The highest BCUT2D eigenvalue weighted by molar-refractivity contribution is 6.31. The molecule has 19 heavy (non-hydrogen) atoms. The predicted molar refractivity (Wildman–Crippen MR) is 69.6 cm³/mol. The van der Waals surface area contributed by atoms with Gasteiger partial charge in [0.05, 0.1) is 11.9 Å². The summed E-state index contributed by atoms with van der Waals surface area (Å²) in [6, 6.07) is 4.10. The average Bonchev–Trinajstić information content (AvgIpc) is 2.75. The van der Waals surface area contributed by atoms with Crippen molar-refractivity contribution >= 4 is 29.2 Å². The van der Waals surface area contributed by atoms with E-state index in [1.807, 2.05) is 0 Å². The van der Waals surface area contributed by atoms with E-state index in [1.165, 1.54) is 24.5 Å². The summed E-state index contributed by atoms with van der Waals surface area (Å²) in [6.45, 7) is 0. The molecule has 0 aliphatic carbocycles. The fraction of sp³-hybridized carbons (Fsp3) is 0.0833. The van der Waals surface area contributed by atoms with Crippen LogP contribution in [0.25, 0.3) is 0 Å². The molecule has 0 spiro atoms. The number of hydrogen-bond acceptors (Lipinski definition) is 3. The second-order valence-corrected chi connectivity index (χ2v) is 4.35. The fourth-order valence-electron chi connectivity index (χ4n) is 1.51. The van der Waals surface area contributed by atoms with E-state index < -0.39 is 11.9 Å². The number of anilines is 1. The van der Waals surface area contributed by atoms with Gasteiger partial charge < -0.3 is 15.0 Å². The molecule has 0 aliphatic rings. The van der Waals surface area contributed by atoms with E-state index in [1.54, 1.807) is 17.8 Å². The number of carboxylic acid groups (broad SMARTS) is 1. The maximum atomic E-state index is 11.8. The van der Waals surface area contributed by atoms with Crippen LogP contribution >= 0.6 is 11.6 Å². The highest BCUT2D eigenvalue weighted by atomic mass is 35.5. The van der Waals surface area contributed by atoms with Crippen LogP contribution in [0.3, 0.4) is 0 Å². The number of halogens is 1. The first-order valence-corrected chi connectivity index (χ1v) is 5.66. The number of aromatic nitrogens is 2. The molecule has 1 amide bonds. The maximum absolute atomic E-state index is 11.8. The summed E-state index contributed by atoms with van der Waals surface area (Å²) in [5.41, 5.74) is 0.545. The van der Waals surface area contributed by atoms with Gasteiger partial charge in [0, 0.05) is 24.0 Å². The van der Waals surface area contributed by atoms with E-state index in [0.717, 1.165) is 0 Å². The number of aryl methyl sites for hydroxylation is 1. The van der Waals surface area contributed by atoms with Gasteiger partial charge in [-0.05, 0) is 18.2 Å². The number of amides is 1. The predicted octanol–water partition coefficient (Wildman–Crippen LogP) is 2.02. The Balaban J connectivity index is 2.23. The summed E-state index contributed by atoms with van der Waals surface area (Å²) in [5, 5.41) is 11.7. The number of imidazole rings is 1. The van der Waals surface area contributed by atoms with Gasteiger partial charge in [0.1, 0.15) is 5.69 Å². The lowest BCUT2D eigenvalue weighted by Crippen LogP contribution is -2.13. The first-order chi connectivity index (χ1) is 8.95. The van der Waals surface area contributed by atoms with Gasteiger partial charge in [-0.25, -0.2) is 9.78 Å². The van der Waals surface area contributed by atoms with E-state index >= 15 is 0 Å². The van der Waals surface area contributed by atoms with Crippen molar-refractivity contribution in [1.82, 2.24) is 9.55 Å². The maximum Gasteiger partial charge on any atom is 0.335 e. The van der Waals surface area contributed by atoms with Crippen LogP contribution in [0.2, 0.25) is 5.02 Å². The number of carboxylic acids is 1. The molecule has 2 N–H and O–H groups in total. The van der Waals surface area contributed by atoms with Gasteiger partial charge in [0.15, 0.2) is 0 Å². The molecule has 0 saturated carbocycles. The van der Waals surface area contributed by atoms with Crippen molar-refractivity contribution in [2.24, 2.45) is 7.05 Å². The zero-order valence-electron chi connectivity index (χ0n) is 9.92. The number of nitrogens with one attached hydrogen (secondary N) is 1. The van der Waals surface area contributed by atoms with Crippen molar-refractivity contribution in [2.45, 2.75) is 0 Å². The largest absolute Gasteiger partial charge is 0.478 e. The summed E-state index contributed by atoms with van der Waals surface area (Å²) >= 11 is 5.79. The van der Waals surface area contributed by atoms with E-state index in [4.69, 9.17) is 16.7 Å². The molecular weight excluding hydrogens is 270 g/mol. The van der Waals surface area contributed by atoms with Crippen molar-refractivity contribution in [2.75, 3.05) is 5.32 Å². The van der Waals surface area contributed by atoms with Crippen LogP contribution < -0.4 is 5.32 Å². The molecule has 1 heterocycles. The zero-order valence-corrected chi connectivity index (χ0v) is 10.7.